The maximum atomic E-state index is 12.0. The largest absolute Gasteiger partial charge is 0.480 e. The minimum absolute atomic E-state index is 0.0329. The van der Waals surface area contributed by atoms with Crippen LogP contribution in [0, 0.1) is 11.3 Å². The van der Waals surface area contributed by atoms with E-state index < -0.39 is 17.4 Å². The van der Waals surface area contributed by atoms with E-state index >= 15 is 0 Å². The molecule has 0 aliphatic heterocycles. The molecule has 6 heteroatoms. The van der Waals surface area contributed by atoms with Crippen molar-refractivity contribution in [3.8, 4) is 6.07 Å². The van der Waals surface area contributed by atoms with E-state index in [4.69, 9.17) is 22.0 Å². The number of carboxylic acid groups (broad SMARTS) is 1. The lowest BCUT2D eigenvalue weighted by Gasteiger charge is -2.25. The van der Waals surface area contributed by atoms with Gasteiger partial charge >= 0.3 is 5.97 Å². The van der Waals surface area contributed by atoms with Crippen molar-refractivity contribution < 1.29 is 14.7 Å². The molecule has 19 heavy (non-hydrogen) atoms. The molecule has 0 saturated heterocycles. The van der Waals surface area contributed by atoms with Crippen LogP contribution in [0.4, 0.5) is 0 Å². The van der Waals surface area contributed by atoms with Crippen molar-refractivity contribution in [1.29, 1.82) is 5.26 Å². The second-order valence-corrected chi connectivity index (χ2v) is 4.70. The number of halogens is 1. The summed E-state index contributed by atoms with van der Waals surface area (Å²) in [7, 11) is 0. The van der Waals surface area contributed by atoms with Crippen LogP contribution in [0.5, 0.6) is 0 Å². The Labute approximate surface area is 115 Å². The maximum Gasteiger partial charge on any atom is 0.329 e. The van der Waals surface area contributed by atoms with Gasteiger partial charge < -0.3 is 10.4 Å². The molecule has 0 saturated carbocycles. The Morgan fingerprint density at radius 3 is 2.74 bits per heavy atom. The minimum Gasteiger partial charge on any atom is -0.480 e. The van der Waals surface area contributed by atoms with Crippen molar-refractivity contribution in [3.63, 3.8) is 0 Å². The maximum absolute atomic E-state index is 12.0. The molecule has 1 atom stereocenters. The van der Waals surface area contributed by atoms with Gasteiger partial charge in [-0.15, -0.1) is 0 Å². The summed E-state index contributed by atoms with van der Waals surface area (Å²) in [6.45, 7) is 1.37. The van der Waals surface area contributed by atoms with Crippen molar-refractivity contribution in [2.24, 2.45) is 0 Å². The summed E-state index contributed by atoms with van der Waals surface area (Å²) in [5.74, 6) is -1.72. The fourth-order valence-electron chi connectivity index (χ4n) is 1.48. The second kappa shape index (κ2) is 6.21. The number of nitrogens with zero attached hydrogens (tertiary/aromatic N) is 1. The van der Waals surface area contributed by atoms with Gasteiger partial charge in [-0.05, 0) is 31.5 Å². The Morgan fingerprint density at radius 2 is 2.21 bits per heavy atom. The van der Waals surface area contributed by atoms with E-state index in [0.717, 1.165) is 0 Å². The molecule has 0 aliphatic carbocycles. The Hall–Kier alpha value is -2.06. The standard InChI is InChI=1S/C13H13ClN2O3/c1-13(12(18)19,6-3-7-15)16-11(17)9-4-2-5-10(14)8-9/h2,4-5,8H,3,6H2,1H3,(H,16,17)(H,18,19)/t13-/m1/s1. The summed E-state index contributed by atoms with van der Waals surface area (Å²) >= 11 is 5.77. The van der Waals surface area contributed by atoms with Crippen LogP contribution in [-0.2, 0) is 4.79 Å². The molecule has 0 aromatic heterocycles. The minimum atomic E-state index is -1.48. The normalized spacial score (nSPS) is 13.1. The first kappa shape index (κ1) is 15.0. The number of nitriles is 1. The lowest BCUT2D eigenvalue weighted by Crippen LogP contribution is -2.52. The topological polar surface area (TPSA) is 90.2 Å². The van der Waals surface area contributed by atoms with Gasteiger partial charge in [-0.3, -0.25) is 4.79 Å². The van der Waals surface area contributed by atoms with Crippen molar-refractivity contribution in [3.05, 3.63) is 34.9 Å². The molecule has 100 valence electrons. The summed E-state index contributed by atoms with van der Waals surface area (Å²) in [5, 5.41) is 20.5. The average Bonchev–Trinajstić information content (AvgIpc) is 2.36. The first-order valence-corrected chi connectivity index (χ1v) is 5.95. The van der Waals surface area contributed by atoms with Gasteiger partial charge in [0.25, 0.3) is 5.91 Å². The van der Waals surface area contributed by atoms with Crippen molar-refractivity contribution in [1.82, 2.24) is 5.32 Å². The summed E-state index contributed by atoms with van der Waals surface area (Å²) in [6, 6.07) is 8.07. The van der Waals surface area contributed by atoms with Crippen LogP contribution in [0.25, 0.3) is 0 Å². The van der Waals surface area contributed by atoms with Gasteiger partial charge in [0.15, 0.2) is 0 Å². The number of amides is 1. The monoisotopic (exact) mass is 280 g/mol. The molecule has 2 N–H and O–H groups in total. The number of carbonyl (C=O) groups is 2. The molecule has 0 unspecified atom stereocenters. The van der Waals surface area contributed by atoms with Gasteiger partial charge in [0.2, 0.25) is 0 Å². The van der Waals surface area contributed by atoms with Gasteiger partial charge in [0, 0.05) is 17.0 Å². The quantitative estimate of drug-likeness (QED) is 0.865. The Bertz CT molecular complexity index is 539. The van der Waals surface area contributed by atoms with E-state index in [-0.39, 0.29) is 18.4 Å². The molecule has 0 fully saturated rings. The predicted octanol–water partition coefficient (Wildman–Crippen LogP) is 2.22. The summed E-state index contributed by atoms with van der Waals surface area (Å²) in [6.07, 6.45) is 0.0732. The van der Waals surface area contributed by atoms with Crippen LogP contribution in [0.1, 0.15) is 30.1 Å². The van der Waals surface area contributed by atoms with Crippen LogP contribution in [0.2, 0.25) is 5.02 Å². The lowest BCUT2D eigenvalue weighted by atomic mass is 9.95. The first-order valence-electron chi connectivity index (χ1n) is 5.57. The van der Waals surface area contributed by atoms with E-state index in [1.165, 1.54) is 19.1 Å². The van der Waals surface area contributed by atoms with Crippen molar-refractivity contribution >= 4 is 23.5 Å². The second-order valence-electron chi connectivity index (χ2n) is 4.26. The summed E-state index contributed by atoms with van der Waals surface area (Å²) < 4.78 is 0. The van der Waals surface area contributed by atoms with Crippen molar-refractivity contribution in [2.75, 3.05) is 0 Å². The Balaban J connectivity index is 2.89. The van der Waals surface area contributed by atoms with Crippen molar-refractivity contribution in [2.45, 2.75) is 25.3 Å². The highest BCUT2D eigenvalue weighted by Gasteiger charge is 2.34. The molecular weight excluding hydrogens is 268 g/mol. The molecule has 1 aromatic carbocycles. The fourth-order valence-corrected chi connectivity index (χ4v) is 1.67. The molecule has 0 bridgehead atoms. The third kappa shape index (κ3) is 3.97. The third-order valence-electron chi connectivity index (χ3n) is 2.69. The van der Waals surface area contributed by atoms with E-state index in [9.17, 15) is 9.59 Å². The molecule has 0 radical (unpaired) electrons. The predicted molar refractivity (Wildman–Crippen MR) is 69.8 cm³/mol. The zero-order valence-corrected chi connectivity index (χ0v) is 11.1. The molecular formula is C13H13ClN2O3. The Kier molecular flexibility index (Phi) is 4.90. The van der Waals surface area contributed by atoms with Crippen LogP contribution in [0.15, 0.2) is 24.3 Å². The van der Waals surface area contributed by atoms with Crippen LogP contribution < -0.4 is 5.32 Å². The number of carboxylic acids is 1. The molecule has 1 aromatic rings. The number of aliphatic carboxylic acids is 1. The van der Waals surface area contributed by atoms with Gasteiger partial charge in [-0.25, -0.2) is 4.79 Å². The molecule has 1 amide bonds. The molecule has 1 rings (SSSR count). The number of hydrogen-bond acceptors (Lipinski definition) is 3. The number of rotatable bonds is 5. The molecule has 0 spiro atoms. The SMILES string of the molecule is C[C@](CCC#N)(NC(=O)c1cccc(Cl)c1)C(=O)O. The third-order valence-corrected chi connectivity index (χ3v) is 2.92. The summed E-state index contributed by atoms with van der Waals surface area (Å²) in [5.41, 5.74) is -1.20. The summed E-state index contributed by atoms with van der Waals surface area (Å²) in [4.78, 5) is 23.2. The van der Waals surface area contributed by atoms with Crippen LogP contribution >= 0.6 is 11.6 Å². The van der Waals surface area contributed by atoms with Gasteiger partial charge in [-0.1, -0.05) is 17.7 Å². The number of benzene rings is 1. The molecule has 5 nitrogen and oxygen atoms in total. The van der Waals surface area contributed by atoms with Gasteiger partial charge in [0.1, 0.15) is 5.54 Å². The molecule has 0 heterocycles. The zero-order chi connectivity index (χ0) is 14.5. The fraction of sp³-hybridized carbons (Fsp3) is 0.308. The molecule has 0 aliphatic rings. The Morgan fingerprint density at radius 1 is 1.53 bits per heavy atom. The number of nitrogens with one attached hydrogen (secondary N) is 1. The van der Waals surface area contributed by atoms with E-state index in [2.05, 4.69) is 5.32 Å². The highest BCUT2D eigenvalue weighted by molar-refractivity contribution is 6.31. The highest BCUT2D eigenvalue weighted by Crippen LogP contribution is 2.16. The highest BCUT2D eigenvalue weighted by atomic mass is 35.5. The average molecular weight is 281 g/mol. The van der Waals surface area contributed by atoms with Gasteiger partial charge in [0.05, 0.1) is 6.07 Å². The number of carbonyl (C=O) groups excluding carboxylic acids is 1. The smallest absolute Gasteiger partial charge is 0.329 e. The van der Waals surface area contributed by atoms with Gasteiger partial charge in [-0.2, -0.15) is 5.26 Å². The van der Waals surface area contributed by atoms with Crippen LogP contribution in [-0.4, -0.2) is 22.5 Å². The van der Waals surface area contributed by atoms with Crippen LogP contribution in [0.3, 0.4) is 0 Å². The number of hydrogen-bond donors (Lipinski definition) is 2. The lowest BCUT2D eigenvalue weighted by molar-refractivity contribution is -0.144. The van der Waals surface area contributed by atoms with E-state index in [0.29, 0.717) is 5.02 Å². The zero-order valence-electron chi connectivity index (χ0n) is 10.3. The van der Waals surface area contributed by atoms with E-state index in [1.807, 2.05) is 6.07 Å². The first-order chi connectivity index (χ1) is 8.89. The van der Waals surface area contributed by atoms with E-state index in [1.54, 1.807) is 12.1 Å².